The van der Waals surface area contributed by atoms with Gasteiger partial charge >= 0.3 is 0 Å². The average molecular weight is 332 g/mol. The summed E-state index contributed by atoms with van der Waals surface area (Å²) in [5.74, 6) is -0.102. The Bertz CT molecular complexity index is 777. The predicted octanol–water partition coefficient (Wildman–Crippen LogP) is 3.47. The number of sulfonamides is 1. The number of benzene rings is 2. The van der Waals surface area contributed by atoms with Crippen molar-refractivity contribution in [2.24, 2.45) is 5.41 Å². The van der Waals surface area contributed by atoms with E-state index >= 15 is 0 Å². The molecule has 0 aliphatic carbocycles. The second-order valence-electron chi connectivity index (χ2n) is 6.20. The molecule has 0 spiro atoms. The highest BCUT2D eigenvalue weighted by Crippen LogP contribution is 2.20. The fourth-order valence-corrected chi connectivity index (χ4v) is 2.83. The molecule has 0 atom stereocenters. The monoisotopic (exact) mass is 332 g/mol. The van der Waals surface area contributed by atoms with Crippen molar-refractivity contribution in [2.45, 2.75) is 25.7 Å². The van der Waals surface area contributed by atoms with Gasteiger partial charge in [-0.3, -0.25) is 9.52 Å². The van der Waals surface area contributed by atoms with E-state index in [0.29, 0.717) is 11.4 Å². The lowest BCUT2D eigenvalue weighted by atomic mass is 9.95. The Hall–Kier alpha value is -2.34. The molecule has 2 rings (SSSR count). The number of carbonyl (C=O) groups excluding carboxylic acids is 1. The Morgan fingerprint density at radius 2 is 1.39 bits per heavy atom. The van der Waals surface area contributed by atoms with E-state index in [1.54, 1.807) is 42.5 Å². The first kappa shape index (κ1) is 17.0. The van der Waals surface area contributed by atoms with Crippen LogP contribution in [-0.2, 0) is 14.8 Å². The SMILES string of the molecule is CC(C)(C)C(=O)Nc1ccc(NS(=O)(=O)c2ccccc2)cc1. The smallest absolute Gasteiger partial charge is 0.261 e. The maximum absolute atomic E-state index is 12.2. The van der Waals surface area contributed by atoms with E-state index in [1.807, 2.05) is 20.8 Å². The van der Waals surface area contributed by atoms with E-state index in [9.17, 15) is 13.2 Å². The van der Waals surface area contributed by atoms with Gasteiger partial charge in [-0.15, -0.1) is 0 Å². The molecule has 0 radical (unpaired) electrons. The van der Waals surface area contributed by atoms with Gasteiger partial charge in [-0.05, 0) is 36.4 Å². The minimum Gasteiger partial charge on any atom is -0.326 e. The molecule has 2 aromatic rings. The van der Waals surface area contributed by atoms with Gasteiger partial charge in [0.05, 0.1) is 4.90 Å². The second kappa shape index (κ2) is 6.42. The highest BCUT2D eigenvalue weighted by Gasteiger charge is 2.21. The maximum Gasteiger partial charge on any atom is 0.261 e. The number of nitrogens with one attached hydrogen (secondary N) is 2. The lowest BCUT2D eigenvalue weighted by Gasteiger charge is -2.17. The van der Waals surface area contributed by atoms with Crippen LogP contribution >= 0.6 is 0 Å². The zero-order valence-electron chi connectivity index (χ0n) is 13.3. The molecule has 5 nitrogen and oxygen atoms in total. The summed E-state index contributed by atoms with van der Waals surface area (Å²) >= 11 is 0. The topological polar surface area (TPSA) is 75.3 Å². The molecule has 23 heavy (non-hydrogen) atoms. The largest absolute Gasteiger partial charge is 0.326 e. The molecule has 1 amide bonds. The Balaban J connectivity index is 2.10. The van der Waals surface area contributed by atoms with Crippen LogP contribution < -0.4 is 10.0 Å². The van der Waals surface area contributed by atoms with Gasteiger partial charge in [0, 0.05) is 16.8 Å². The lowest BCUT2D eigenvalue weighted by Crippen LogP contribution is -2.27. The third-order valence-corrected chi connectivity index (χ3v) is 4.53. The highest BCUT2D eigenvalue weighted by molar-refractivity contribution is 7.92. The highest BCUT2D eigenvalue weighted by atomic mass is 32.2. The minimum absolute atomic E-state index is 0.102. The molecule has 2 N–H and O–H groups in total. The molecule has 0 heterocycles. The average Bonchev–Trinajstić information content (AvgIpc) is 2.49. The van der Waals surface area contributed by atoms with Gasteiger partial charge in [0.15, 0.2) is 0 Å². The number of carbonyl (C=O) groups is 1. The zero-order chi connectivity index (χ0) is 17.1. The molecule has 6 heteroatoms. The van der Waals surface area contributed by atoms with E-state index < -0.39 is 15.4 Å². The first-order valence-corrected chi connectivity index (χ1v) is 8.66. The lowest BCUT2D eigenvalue weighted by molar-refractivity contribution is -0.123. The first-order chi connectivity index (χ1) is 10.7. The van der Waals surface area contributed by atoms with Crippen molar-refractivity contribution in [3.05, 3.63) is 54.6 Å². The van der Waals surface area contributed by atoms with E-state index in [-0.39, 0.29) is 10.8 Å². The van der Waals surface area contributed by atoms with Gasteiger partial charge in [0.2, 0.25) is 5.91 Å². The molecule has 122 valence electrons. The fraction of sp³-hybridized carbons (Fsp3) is 0.235. The zero-order valence-corrected chi connectivity index (χ0v) is 14.1. The minimum atomic E-state index is -3.61. The van der Waals surface area contributed by atoms with Crippen LogP contribution in [0.1, 0.15) is 20.8 Å². The van der Waals surface area contributed by atoms with Crippen molar-refractivity contribution in [3.63, 3.8) is 0 Å². The molecule has 0 fully saturated rings. The Kier molecular flexibility index (Phi) is 4.75. The van der Waals surface area contributed by atoms with Gasteiger partial charge in [-0.1, -0.05) is 39.0 Å². The Morgan fingerprint density at radius 1 is 0.870 bits per heavy atom. The van der Waals surface area contributed by atoms with Crippen molar-refractivity contribution in [3.8, 4) is 0 Å². The standard InChI is InChI=1S/C17H20N2O3S/c1-17(2,3)16(20)18-13-9-11-14(12-10-13)19-23(21,22)15-7-5-4-6-8-15/h4-12,19H,1-3H3,(H,18,20). The molecule has 0 aromatic heterocycles. The van der Waals surface area contributed by atoms with Gasteiger partial charge in [-0.2, -0.15) is 0 Å². The summed E-state index contributed by atoms with van der Waals surface area (Å²) in [5.41, 5.74) is 0.559. The van der Waals surface area contributed by atoms with Crippen LogP contribution in [0, 0.1) is 5.41 Å². The van der Waals surface area contributed by atoms with E-state index in [0.717, 1.165) is 0 Å². The summed E-state index contributed by atoms with van der Waals surface area (Å²) in [5, 5.41) is 2.79. The van der Waals surface area contributed by atoms with Crippen LogP contribution in [0.5, 0.6) is 0 Å². The van der Waals surface area contributed by atoms with Crippen LogP contribution in [0.25, 0.3) is 0 Å². The van der Waals surface area contributed by atoms with E-state index in [2.05, 4.69) is 10.0 Å². The summed E-state index contributed by atoms with van der Waals surface area (Å²) in [6.07, 6.45) is 0. The molecule has 0 aliphatic heterocycles. The molecule has 0 saturated heterocycles. The number of hydrogen-bond acceptors (Lipinski definition) is 3. The normalized spacial score (nSPS) is 11.8. The van der Waals surface area contributed by atoms with Crippen molar-refractivity contribution >= 4 is 27.3 Å². The molecule has 0 aliphatic rings. The van der Waals surface area contributed by atoms with Crippen LogP contribution in [-0.4, -0.2) is 14.3 Å². The van der Waals surface area contributed by atoms with Gasteiger partial charge < -0.3 is 5.32 Å². The van der Waals surface area contributed by atoms with Gasteiger partial charge in [0.25, 0.3) is 10.0 Å². The number of amides is 1. The second-order valence-corrected chi connectivity index (χ2v) is 7.88. The van der Waals surface area contributed by atoms with Crippen LogP contribution in [0.3, 0.4) is 0 Å². The first-order valence-electron chi connectivity index (χ1n) is 7.18. The fourth-order valence-electron chi connectivity index (χ4n) is 1.75. The van der Waals surface area contributed by atoms with Gasteiger partial charge in [0.1, 0.15) is 0 Å². The molecule has 2 aromatic carbocycles. The third kappa shape index (κ3) is 4.56. The summed E-state index contributed by atoms with van der Waals surface area (Å²) in [6.45, 7) is 5.47. The molecule has 0 saturated carbocycles. The van der Waals surface area contributed by atoms with Crippen LogP contribution in [0.15, 0.2) is 59.5 Å². The Morgan fingerprint density at radius 3 is 1.91 bits per heavy atom. The van der Waals surface area contributed by atoms with Crippen LogP contribution in [0.2, 0.25) is 0 Å². The summed E-state index contributed by atoms with van der Waals surface area (Å²) in [4.78, 5) is 12.1. The third-order valence-electron chi connectivity index (χ3n) is 3.13. The number of rotatable bonds is 4. The van der Waals surface area contributed by atoms with Crippen LogP contribution in [0.4, 0.5) is 11.4 Å². The summed E-state index contributed by atoms with van der Waals surface area (Å²) in [7, 11) is -3.61. The molecule has 0 unspecified atom stereocenters. The van der Waals surface area contributed by atoms with Crippen molar-refractivity contribution in [1.82, 2.24) is 0 Å². The Labute approximate surface area is 136 Å². The molecule has 0 bridgehead atoms. The number of anilines is 2. The number of hydrogen-bond donors (Lipinski definition) is 2. The summed E-state index contributed by atoms with van der Waals surface area (Å²) in [6, 6.07) is 14.7. The van der Waals surface area contributed by atoms with Crippen molar-refractivity contribution < 1.29 is 13.2 Å². The quantitative estimate of drug-likeness (QED) is 0.900. The molecular weight excluding hydrogens is 312 g/mol. The van der Waals surface area contributed by atoms with E-state index in [1.165, 1.54) is 12.1 Å². The summed E-state index contributed by atoms with van der Waals surface area (Å²) < 4.78 is 26.9. The van der Waals surface area contributed by atoms with Crippen molar-refractivity contribution in [2.75, 3.05) is 10.0 Å². The maximum atomic E-state index is 12.2. The predicted molar refractivity (Wildman–Crippen MR) is 91.8 cm³/mol. The van der Waals surface area contributed by atoms with E-state index in [4.69, 9.17) is 0 Å². The van der Waals surface area contributed by atoms with Crippen molar-refractivity contribution in [1.29, 1.82) is 0 Å². The molecular formula is C17H20N2O3S. The van der Waals surface area contributed by atoms with Gasteiger partial charge in [-0.25, -0.2) is 8.42 Å².